The first-order chi connectivity index (χ1) is 13.7. The van der Waals surface area contributed by atoms with E-state index in [2.05, 4.69) is 15.1 Å². The van der Waals surface area contributed by atoms with E-state index in [9.17, 15) is 4.39 Å². The van der Waals surface area contributed by atoms with Crippen molar-refractivity contribution in [1.82, 2.24) is 15.1 Å². The number of ether oxygens (including phenoxy) is 2. The highest BCUT2D eigenvalue weighted by molar-refractivity contribution is 7.10. The van der Waals surface area contributed by atoms with E-state index in [-0.39, 0.29) is 5.82 Å². The van der Waals surface area contributed by atoms with Crippen molar-refractivity contribution in [2.75, 3.05) is 14.2 Å². The largest absolute Gasteiger partial charge is 0.493 e. The lowest BCUT2D eigenvalue weighted by Gasteiger charge is -2.08. The molecular weight excluding hydrogens is 381 g/mol. The Hall–Kier alpha value is -3.26. The fourth-order valence-electron chi connectivity index (χ4n) is 2.69. The predicted octanol–water partition coefficient (Wildman–Crippen LogP) is 4.61. The Morgan fingerprint density at radius 2 is 1.71 bits per heavy atom. The van der Waals surface area contributed by atoms with Gasteiger partial charge < -0.3 is 14.0 Å². The van der Waals surface area contributed by atoms with E-state index in [1.54, 1.807) is 26.4 Å². The number of methoxy groups -OCH3 is 2. The third kappa shape index (κ3) is 3.72. The van der Waals surface area contributed by atoms with E-state index in [1.165, 1.54) is 23.5 Å². The van der Waals surface area contributed by atoms with Crippen LogP contribution in [0.15, 0.2) is 52.4 Å². The molecule has 0 atom stereocenters. The smallest absolute Gasteiger partial charge is 0.233 e. The molecule has 28 heavy (non-hydrogen) atoms. The summed E-state index contributed by atoms with van der Waals surface area (Å²) in [4.78, 5) is 9.01. The van der Waals surface area contributed by atoms with Crippen LogP contribution in [-0.2, 0) is 6.42 Å². The molecule has 0 aliphatic carbocycles. The molecule has 0 unspecified atom stereocenters. The normalized spacial score (nSPS) is 10.8. The van der Waals surface area contributed by atoms with Crippen molar-refractivity contribution < 1.29 is 18.4 Å². The summed E-state index contributed by atoms with van der Waals surface area (Å²) in [5.74, 6) is 1.88. The molecule has 0 bridgehead atoms. The lowest BCUT2D eigenvalue weighted by Crippen LogP contribution is -1.91. The maximum atomic E-state index is 13.0. The molecule has 0 amide bonds. The Morgan fingerprint density at radius 3 is 2.46 bits per heavy atom. The van der Waals surface area contributed by atoms with Gasteiger partial charge in [0.1, 0.15) is 10.8 Å². The van der Waals surface area contributed by atoms with Crippen LogP contribution in [0.4, 0.5) is 4.39 Å². The maximum absolute atomic E-state index is 13.0. The van der Waals surface area contributed by atoms with Crippen molar-refractivity contribution in [3.05, 3.63) is 64.6 Å². The molecule has 4 rings (SSSR count). The Labute approximate surface area is 164 Å². The van der Waals surface area contributed by atoms with Gasteiger partial charge in [-0.2, -0.15) is 4.98 Å². The van der Waals surface area contributed by atoms with Crippen LogP contribution < -0.4 is 9.47 Å². The third-order valence-corrected chi connectivity index (χ3v) is 4.95. The molecule has 0 spiro atoms. The summed E-state index contributed by atoms with van der Waals surface area (Å²) < 4.78 is 29.0. The van der Waals surface area contributed by atoms with Gasteiger partial charge in [-0.1, -0.05) is 5.16 Å². The highest BCUT2D eigenvalue weighted by atomic mass is 32.1. The van der Waals surface area contributed by atoms with Crippen LogP contribution in [-0.4, -0.2) is 29.3 Å². The number of hydrogen-bond donors (Lipinski definition) is 0. The van der Waals surface area contributed by atoms with Crippen LogP contribution >= 0.6 is 11.3 Å². The topological polar surface area (TPSA) is 70.3 Å². The van der Waals surface area contributed by atoms with Crippen LogP contribution in [0.2, 0.25) is 0 Å². The fraction of sp³-hybridized carbons (Fsp3) is 0.150. The van der Waals surface area contributed by atoms with E-state index in [4.69, 9.17) is 14.0 Å². The van der Waals surface area contributed by atoms with Crippen molar-refractivity contribution in [2.45, 2.75) is 6.42 Å². The lowest BCUT2D eigenvalue weighted by molar-refractivity contribution is 0.355. The van der Waals surface area contributed by atoms with Gasteiger partial charge in [0.2, 0.25) is 11.7 Å². The van der Waals surface area contributed by atoms with E-state index in [0.29, 0.717) is 35.2 Å². The van der Waals surface area contributed by atoms with Gasteiger partial charge in [0.05, 0.1) is 26.3 Å². The van der Waals surface area contributed by atoms with Crippen molar-refractivity contribution in [1.29, 1.82) is 0 Å². The van der Waals surface area contributed by atoms with E-state index < -0.39 is 0 Å². The minimum atomic E-state index is -0.307. The minimum absolute atomic E-state index is 0.307. The van der Waals surface area contributed by atoms with Gasteiger partial charge in [0, 0.05) is 16.5 Å². The van der Waals surface area contributed by atoms with Crippen LogP contribution in [0.1, 0.15) is 10.9 Å². The van der Waals surface area contributed by atoms with Gasteiger partial charge >= 0.3 is 0 Å². The van der Waals surface area contributed by atoms with Crippen LogP contribution in [0.3, 0.4) is 0 Å². The number of rotatable bonds is 6. The van der Waals surface area contributed by atoms with Gasteiger partial charge in [-0.3, -0.25) is 0 Å². The average molecular weight is 397 g/mol. The summed E-state index contributed by atoms with van der Waals surface area (Å²) in [6.45, 7) is 0. The number of nitrogens with zero attached hydrogens (tertiary/aromatic N) is 3. The average Bonchev–Trinajstić information content (AvgIpc) is 3.38. The molecule has 2 aromatic heterocycles. The van der Waals surface area contributed by atoms with Crippen molar-refractivity contribution >= 4 is 11.3 Å². The number of benzene rings is 2. The fourth-order valence-corrected chi connectivity index (χ4v) is 3.49. The molecule has 0 fully saturated rings. The van der Waals surface area contributed by atoms with Crippen LogP contribution in [0, 0.1) is 5.82 Å². The minimum Gasteiger partial charge on any atom is -0.493 e. The molecule has 0 saturated heterocycles. The van der Waals surface area contributed by atoms with Gasteiger partial charge in [0.15, 0.2) is 11.5 Å². The van der Waals surface area contributed by atoms with Crippen LogP contribution in [0.5, 0.6) is 11.5 Å². The molecule has 142 valence electrons. The Morgan fingerprint density at radius 1 is 0.964 bits per heavy atom. The standard InChI is InChI=1S/C20H16FN3O3S/c1-25-16-8-5-13(9-17(16)26-2)15-11-28-19(22-15)10-18-23-20(24-27-18)12-3-6-14(21)7-4-12/h3-9,11H,10H2,1-2H3. The first kappa shape index (κ1) is 18.1. The summed E-state index contributed by atoms with van der Waals surface area (Å²) in [6, 6.07) is 11.6. The van der Waals surface area contributed by atoms with Crippen LogP contribution in [0.25, 0.3) is 22.6 Å². The second-order valence-corrected chi connectivity index (χ2v) is 6.83. The summed E-state index contributed by atoms with van der Waals surface area (Å²) in [7, 11) is 3.20. The zero-order valence-electron chi connectivity index (χ0n) is 15.2. The second kappa shape index (κ2) is 7.77. The molecule has 4 aromatic rings. The zero-order valence-corrected chi connectivity index (χ0v) is 16.0. The van der Waals surface area contributed by atoms with E-state index >= 15 is 0 Å². The molecule has 0 aliphatic heterocycles. The zero-order chi connectivity index (χ0) is 19.5. The lowest BCUT2D eigenvalue weighted by atomic mass is 10.1. The number of aromatic nitrogens is 3. The Balaban J connectivity index is 1.52. The van der Waals surface area contributed by atoms with Gasteiger partial charge in [-0.25, -0.2) is 9.37 Å². The van der Waals surface area contributed by atoms with Crippen molar-refractivity contribution in [2.24, 2.45) is 0 Å². The van der Waals surface area contributed by atoms with Gasteiger partial charge in [-0.15, -0.1) is 11.3 Å². The summed E-state index contributed by atoms with van der Waals surface area (Å²) in [5.41, 5.74) is 2.46. The molecule has 8 heteroatoms. The summed E-state index contributed by atoms with van der Waals surface area (Å²) in [5, 5.41) is 6.77. The molecule has 0 radical (unpaired) electrons. The number of thiazole rings is 1. The van der Waals surface area contributed by atoms with E-state index in [0.717, 1.165) is 16.3 Å². The van der Waals surface area contributed by atoms with E-state index in [1.807, 2.05) is 23.6 Å². The number of hydrogen-bond acceptors (Lipinski definition) is 7. The predicted molar refractivity (Wildman–Crippen MR) is 103 cm³/mol. The van der Waals surface area contributed by atoms with Crippen molar-refractivity contribution in [3.8, 4) is 34.1 Å². The Bertz CT molecular complexity index is 1090. The molecule has 2 aromatic carbocycles. The van der Waals surface area contributed by atoms with Gasteiger partial charge in [0.25, 0.3) is 0 Å². The SMILES string of the molecule is COc1ccc(-c2csc(Cc3nc(-c4ccc(F)cc4)no3)n2)cc1OC. The Kier molecular flexibility index (Phi) is 5.03. The van der Waals surface area contributed by atoms with Gasteiger partial charge in [-0.05, 0) is 42.5 Å². The van der Waals surface area contributed by atoms with Crippen molar-refractivity contribution in [3.63, 3.8) is 0 Å². The molecular formula is C20H16FN3O3S. The molecule has 0 aliphatic rings. The monoisotopic (exact) mass is 397 g/mol. The quantitative estimate of drug-likeness (QED) is 0.473. The molecule has 0 N–H and O–H groups in total. The first-order valence-corrected chi connectivity index (χ1v) is 9.29. The number of halogens is 1. The summed E-state index contributed by atoms with van der Waals surface area (Å²) in [6.07, 6.45) is 0.423. The maximum Gasteiger partial charge on any atom is 0.233 e. The molecule has 2 heterocycles. The molecule has 6 nitrogen and oxygen atoms in total. The summed E-state index contributed by atoms with van der Waals surface area (Å²) >= 11 is 1.51. The highest BCUT2D eigenvalue weighted by Gasteiger charge is 2.13. The first-order valence-electron chi connectivity index (χ1n) is 8.41. The molecule has 0 saturated carbocycles. The highest BCUT2D eigenvalue weighted by Crippen LogP contribution is 2.33. The second-order valence-electron chi connectivity index (χ2n) is 5.89. The third-order valence-electron chi connectivity index (χ3n) is 4.10.